The van der Waals surface area contributed by atoms with E-state index in [2.05, 4.69) is 18.1 Å². The molecule has 2 amide bonds. The molecule has 8 heteroatoms. The summed E-state index contributed by atoms with van der Waals surface area (Å²) in [6, 6.07) is 15.4. The number of benzene rings is 2. The summed E-state index contributed by atoms with van der Waals surface area (Å²) in [6.07, 6.45) is 3.84. The van der Waals surface area contributed by atoms with Crippen LogP contribution in [-0.4, -0.2) is 57.0 Å². The molecule has 2 fully saturated rings. The Morgan fingerprint density at radius 2 is 1.85 bits per heavy atom. The van der Waals surface area contributed by atoms with E-state index < -0.39 is 0 Å². The molecule has 0 saturated carbocycles. The molecule has 0 N–H and O–H groups in total. The molecule has 2 heterocycles. The Labute approximate surface area is 201 Å². The molecule has 2 aromatic rings. The average Bonchev–Trinajstić information content (AvgIpc) is 2.92. The van der Waals surface area contributed by atoms with Crippen molar-refractivity contribution >= 4 is 24.4 Å². The van der Waals surface area contributed by atoms with Crippen LogP contribution in [0.15, 0.2) is 48.5 Å². The number of esters is 1. The van der Waals surface area contributed by atoms with Crippen LogP contribution in [0, 0.1) is 11.2 Å². The van der Waals surface area contributed by atoms with Gasteiger partial charge in [-0.2, -0.15) is 0 Å². The van der Waals surface area contributed by atoms with Crippen LogP contribution < -0.4 is 4.90 Å². The number of carbonyl (C=O) groups is 2. The molecule has 0 aromatic heterocycles. The highest BCUT2D eigenvalue weighted by molar-refractivity contribution is 6.67. The summed E-state index contributed by atoms with van der Waals surface area (Å²) < 4.78 is 10.2. The van der Waals surface area contributed by atoms with Crippen LogP contribution in [0.2, 0.25) is 12.6 Å². The van der Waals surface area contributed by atoms with E-state index in [0.29, 0.717) is 44.3 Å². The van der Waals surface area contributed by atoms with Crippen molar-refractivity contribution in [3.05, 3.63) is 65.2 Å². The van der Waals surface area contributed by atoms with Gasteiger partial charge in [-0.1, -0.05) is 49.7 Å². The number of morpholine rings is 1. The summed E-state index contributed by atoms with van der Waals surface area (Å²) >= 11 is 0. The monoisotopic (exact) mass is 459 g/mol. The Bertz CT molecular complexity index is 1040. The first-order valence-corrected chi connectivity index (χ1v) is 11.9. The molecular weight excluding hydrogens is 429 g/mol. The minimum Gasteiger partial charge on any atom is -0.465 e. The number of ether oxygens (including phenoxy) is 2. The maximum atomic E-state index is 13.6. The fourth-order valence-corrected chi connectivity index (χ4v) is 4.74. The highest BCUT2D eigenvalue weighted by Gasteiger charge is 2.28. The van der Waals surface area contributed by atoms with Crippen LogP contribution in [0.5, 0.6) is 0 Å². The fraction of sp³-hybridized carbons (Fsp3) is 0.423. The second kappa shape index (κ2) is 11.2. The number of nitrogens with zero attached hydrogens (tertiary/aromatic N) is 3. The van der Waals surface area contributed by atoms with Gasteiger partial charge in [0.2, 0.25) is 0 Å². The molecule has 2 aliphatic heterocycles. The standard InChI is InChI=1S/C26H30BN3O4/c1-33-25(31)22-7-5-20(6-8-22)18-30(26(32)29-13-15-34-16-14-29)24-4-2-3-23(17-24)21-9-11-27(19-28)12-10-21/h2-8,17,21H,9-16,18H2,1H3. The minimum absolute atomic E-state index is 0.0503. The fourth-order valence-electron chi connectivity index (χ4n) is 4.74. The predicted octanol–water partition coefficient (Wildman–Crippen LogP) is 4.37. The van der Waals surface area contributed by atoms with E-state index in [1.165, 1.54) is 12.7 Å². The Balaban J connectivity index is 1.58. The molecule has 176 valence electrons. The molecule has 0 unspecified atom stereocenters. The number of rotatable bonds is 5. The summed E-state index contributed by atoms with van der Waals surface area (Å²) in [5.41, 5.74) is 3.48. The van der Waals surface area contributed by atoms with Gasteiger partial charge >= 0.3 is 12.0 Å². The lowest BCUT2D eigenvalue weighted by molar-refractivity contribution is 0.0548. The molecule has 0 aliphatic carbocycles. The minimum atomic E-state index is -0.383. The molecule has 0 spiro atoms. The van der Waals surface area contributed by atoms with E-state index in [1.807, 2.05) is 34.1 Å². The molecule has 34 heavy (non-hydrogen) atoms. The third-order valence-electron chi connectivity index (χ3n) is 6.79. The molecule has 2 aromatic carbocycles. The van der Waals surface area contributed by atoms with Gasteiger partial charge in [-0.15, -0.1) is 0 Å². The second-order valence-corrected chi connectivity index (χ2v) is 8.93. The van der Waals surface area contributed by atoms with Crippen molar-refractivity contribution in [2.24, 2.45) is 0 Å². The van der Waals surface area contributed by atoms with Gasteiger partial charge in [-0.25, -0.2) is 14.9 Å². The highest BCUT2D eigenvalue weighted by atomic mass is 16.5. The van der Waals surface area contributed by atoms with E-state index in [9.17, 15) is 14.9 Å². The maximum Gasteiger partial charge on any atom is 0.337 e. The van der Waals surface area contributed by atoms with Crippen LogP contribution in [-0.2, 0) is 16.0 Å². The van der Waals surface area contributed by atoms with Gasteiger partial charge in [-0.3, -0.25) is 4.90 Å². The molecule has 0 bridgehead atoms. The van der Waals surface area contributed by atoms with Crippen LogP contribution in [0.3, 0.4) is 0 Å². The second-order valence-electron chi connectivity index (χ2n) is 8.93. The van der Waals surface area contributed by atoms with Gasteiger partial charge in [0, 0.05) is 24.7 Å². The van der Waals surface area contributed by atoms with Crippen molar-refractivity contribution in [1.82, 2.24) is 4.90 Å². The number of hydrogen-bond acceptors (Lipinski definition) is 5. The Morgan fingerprint density at radius 1 is 1.15 bits per heavy atom. The summed E-state index contributed by atoms with van der Waals surface area (Å²) in [7, 11) is 1.36. The van der Waals surface area contributed by atoms with Crippen molar-refractivity contribution in [1.29, 1.82) is 5.26 Å². The number of methoxy groups -OCH3 is 1. The summed E-state index contributed by atoms with van der Waals surface area (Å²) in [5.74, 6) is 2.43. The lowest BCUT2D eigenvalue weighted by atomic mass is 9.41. The third kappa shape index (κ3) is 5.60. The molecule has 0 radical (unpaired) electrons. The van der Waals surface area contributed by atoms with E-state index in [0.717, 1.165) is 36.7 Å². The van der Waals surface area contributed by atoms with Gasteiger partial charge in [0.05, 0.1) is 32.4 Å². The smallest absolute Gasteiger partial charge is 0.337 e. The summed E-state index contributed by atoms with van der Waals surface area (Å²) in [6.45, 7) is 2.75. The topological polar surface area (TPSA) is 82.9 Å². The molecule has 2 aliphatic rings. The van der Waals surface area contributed by atoms with E-state index in [1.54, 1.807) is 12.1 Å². The maximum absolute atomic E-state index is 13.6. The molecule has 4 rings (SSSR count). The Hall–Kier alpha value is -3.31. The van der Waals surface area contributed by atoms with Crippen molar-refractivity contribution in [2.45, 2.75) is 37.9 Å². The van der Waals surface area contributed by atoms with Crippen LogP contribution in [0.25, 0.3) is 0 Å². The molecule has 0 atom stereocenters. The number of nitriles is 1. The average molecular weight is 459 g/mol. The lowest BCUT2D eigenvalue weighted by Gasteiger charge is -2.33. The SMILES string of the molecule is COC(=O)c1ccc(CN(C(=O)N2CCOCC2)c2cccc(C3CCB(C#N)CC3)c2)cc1. The normalized spacial score (nSPS) is 16.6. The largest absolute Gasteiger partial charge is 0.465 e. The van der Waals surface area contributed by atoms with Crippen molar-refractivity contribution in [3.63, 3.8) is 0 Å². The zero-order valence-corrected chi connectivity index (χ0v) is 19.6. The predicted molar refractivity (Wildman–Crippen MR) is 131 cm³/mol. The van der Waals surface area contributed by atoms with E-state index in [4.69, 9.17) is 9.47 Å². The van der Waals surface area contributed by atoms with Crippen molar-refractivity contribution in [3.8, 4) is 5.97 Å². The van der Waals surface area contributed by atoms with Crippen molar-refractivity contribution < 1.29 is 19.1 Å². The van der Waals surface area contributed by atoms with Crippen molar-refractivity contribution in [2.75, 3.05) is 38.3 Å². The van der Waals surface area contributed by atoms with Crippen LogP contribution >= 0.6 is 0 Å². The van der Waals surface area contributed by atoms with E-state index in [-0.39, 0.29) is 18.7 Å². The van der Waals surface area contributed by atoms with Gasteiger partial charge in [0.25, 0.3) is 6.71 Å². The van der Waals surface area contributed by atoms with Gasteiger partial charge < -0.3 is 14.4 Å². The zero-order valence-electron chi connectivity index (χ0n) is 19.6. The van der Waals surface area contributed by atoms with Gasteiger partial charge in [0.15, 0.2) is 0 Å². The molecular formula is C26H30BN3O4. The number of amides is 2. The molecule has 7 nitrogen and oxygen atoms in total. The Morgan fingerprint density at radius 3 is 2.50 bits per heavy atom. The highest BCUT2D eigenvalue weighted by Crippen LogP contribution is 2.35. The lowest BCUT2D eigenvalue weighted by Crippen LogP contribution is -2.48. The number of carbonyl (C=O) groups excluding carboxylic acids is 2. The number of anilines is 1. The van der Waals surface area contributed by atoms with E-state index >= 15 is 0 Å². The summed E-state index contributed by atoms with van der Waals surface area (Å²) in [5, 5.41) is 9.22. The number of hydrogen-bond donors (Lipinski definition) is 0. The molecule has 2 saturated heterocycles. The van der Waals surface area contributed by atoms with Gasteiger partial charge in [-0.05, 0) is 41.3 Å². The zero-order chi connectivity index (χ0) is 23.9. The number of urea groups is 1. The first-order chi connectivity index (χ1) is 16.6. The van der Waals surface area contributed by atoms with Crippen LogP contribution in [0.1, 0.15) is 40.2 Å². The first kappa shape index (κ1) is 23.8. The van der Waals surface area contributed by atoms with Gasteiger partial charge in [0.1, 0.15) is 0 Å². The quantitative estimate of drug-likeness (QED) is 0.490. The third-order valence-corrected chi connectivity index (χ3v) is 6.79. The first-order valence-electron chi connectivity index (χ1n) is 11.9. The summed E-state index contributed by atoms with van der Waals surface area (Å²) in [4.78, 5) is 29.0. The van der Waals surface area contributed by atoms with Crippen LogP contribution in [0.4, 0.5) is 10.5 Å². The Kier molecular flexibility index (Phi) is 7.86.